The molecule has 212 valence electrons. The van der Waals surface area contributed by atoms with Crippen molar-refractivity contribution in [3.63, 3.8) is 0 Å². The highest BCUT2D eigenvalue weighted by Gasteiger charge is 2.18. The maximum absolute atomic E-state index is 13.0. The second-order valence-electron chi connectivity index (χ2n) is 9.81. The van der Waals surface area contributed by atoms with Gasteiger partial charge in [0.2, 0.25) is 11.9 Å². The molecule has 3 aromatic carbocycles. The van der Waals surface area contributed by atoms with Gasteiger partial charge >= 0.3 is 0 Å². The third kappa shape index (κ3) is 5.47. The number of amides is 1. The fourth-order valence-corrected chi connectivity index (χ4v) is 5.41. The SMILES string of the molecule is CN(c1ccnc(Nc2cccc(CS(C)(=O)=O)c2)n1)c1cccc2c1nc(NC(=O)c1ccc3n[nH]nc3c1)n2C. The molecule has 1 amide bonds. The van der Waals surface area contributed by atoms with E-state index in [1.807, 2.05) is 47.8 Å². The largest absolute Gasteiger partial charge is 0.327 e. The minimum Gasteiger partial charge on any atom is -0.327 e. The Balaban J connectivity index is 1.26. The number of rotatable bonds is 8. The molecule has 0 fully saturated rings. The molecule has 13 nitrogen and oxygen atoms in total. The van der Waals surface area contributed by atoms with E-state index in [9.17, 15) is 13.2 Å². The van der Waals surface area contributed by atoms with Gasteiger partial charge < -0.3 is 14.8 Å². The molecule has 6 rings (SSSR count). The van der Waals surface area contributed by atoms with Crippen molar-refractivity contribution in [2.45, 2.75) is 5.75 Å². The number of imidazole rings is 1. The normalized spacial score (nSPS) is 11.6. The van der Waals surface area contributed by atoms with Crippen LogP contribution >= 0.6 is 0 Å². The zero-order chi connectivity index (χ0) is 29.4. The van der Waals surface area contributed by atoms with E-state index in [-0.39, 0.29) is 11.7 Å². The number of fused-ring (bicyclic) bond motifs is 2. The Morgan fingerprint density at radius 2 is 1.81 bits per heavy atom. The van der Waals surface area contributed by atoms with Gasteiger partial charge in [-0.3, -0.25) is 10.1 Å². The van der Waals surface area contributed by atoms with Crippen molar-refractivity contribution in [2.75, 3.05) is 28.8 Å². The van der Waals surface area contributed by atoms with Gasteiger partial charge in [-0.15, -0.1) is 0 Å². The van der Waals surface area contributed by atoms with E-state index < -0.39 is 9.84 Å². The smallest absolute Gasteiger partial charge is 0.258 e. The average Bonchev–Trinajstić information content (AvgIpc) is 3.56. The predicted molar refractivity (Wildman–Crippen MR) is 161 cm³/mol. The van der Waals surface area contributed by atoms with E-state index in [0.717, 1.165) is 11.2 Å². The van der Waals surface area contributed by atoms with Gasteiger partial charge in [0, 0.05) is 37.8 Å². The third-order valence-corrected chi connectivity index (χ3v) is 7.51. The number of nitrogens with zero attached hydrogens (tertiary/aromatic N) is 7. The van der Waals surface area contributed by atoms with Gasteiger partial charge in [0.25, 0.3) is 5.91 Å². The van der Waals surface area contributed by atoms with Gasteiger partial charge in [-0.2, -0.15) is 20.4 Å². The van der Waals surface area contributed by atoms with Crippen LogP contribution in [0.3, 0.4) is 0 Å². The van der Waals surface area contributed by atoms with Crippen molar-refractivity contribution in [1.29, 1.82) is 0 Å². The lowest BCUT2D eigenvalue weighted by molar-refractivity contribution is 0.102. The summed E-state index contributed by atoms with van der Waals surface area (Å²) in [7, 11) is 0.538. The van der Waals surface area contributed by atoms with E-state index in [4.69, 9.17) is 4.98 Å². The van der Waals surface area contributed by atoms with E-state index in [1.165, 1.54) is 6.26 Å². The highest BCUT2D eigenvalue weighted by molar-refractivity contribution is 7.89. The van der Waals surface area contributed by atoms with Crippen molar-refractivity contribution in [1.82, 2.24) is 34.9 Å². The number of nitrogens with one attached hydrogen (secondary N) is 3. The van der Waals surface area contributed by atoms with Gasteiger partial charge in [0.15, 0.2) is 9.84 Å². The Bertz CT molecular complexity index is 2070. The van der Waals surface area contributed by atoms with Crippen LogP contribution in [-0.4, -0.2) is 62.6 Å². The van der Waals surface area contributed by atoms with Crippen LogP contribution in [0.25, 0.3) is 22.1 Å². The number of hydrogen-bond acceptors (Lipinski definition) is 10. The molecule has 0 saturated heterocycles. The molecular formula is C28H26N10O3S. The van der Waals surface area contributed by atoms with Crippen molar-refractivity contribution < 1.29 is 13.2 Å². The molecule has 3 aromatic heterocycles. The lowest BCUT2D eigenvalue weighted by Crippen LogP contribution is -2.15. The first-order valence-electron chi connectivity index (χ1n) is 12.8. The van der Waals surface area contributed by atoms with Crippen molar-refractivity contribution in [3.05, 3.63) is 84.1 Å². The van der Waals surface area contributed by atoms with Gasteiger partial charge in [0.1, 0.15) is 22.4 Å². The Kier molecular flexibility index (Phi) is 6.74. The summed E-state index contributed by atoms with van der Waals surface area (Å²) in [5.74, 6) is 0.959. The predicted octanol–water partition coefficient (Wildman–Crippen LogP) is 3.94. The number of H-pyrrole nitrogens is 1. The lowest BCUT2D eigenvalue weighted by Gasteiger charge is -2.19. The minimum atomic E-state index is -3.16. The number of hydrogen-bond donors (Lipinski definition) is 3. The number of para-hydroxylation sites is 1. The highest BCUT2D eigenvalue weighted by atomic mass is 32.2. The van der Waals surface area contributed by atoms with Gasteiger partial charge in [-0.1, -0.05) is 18.2 Å². The van der Waals surface area contributed by atoms with Crippen LogP contribution in [0.5, 0.6) is 0 Å². The zero-order valence-electron chi connectivity index (χ0n) is 22.9. The van der Waals surface area contributed by atoms with Crippen molar-refractivity contribution >= 4 is 66.9 Å². The fourth-order valence-electron chi connectivity index (χ4n) is 4.63. The van der Waals surface area contributed by atoms with Crippen LogP contribution in [0.2, 0.25) is 0 Å². The number of carbonyl (C=O) groups is 1. The van der Waals surface area contributed by atoms with Crippen LogP contribution in [0, 0.1) is 0 Å². The van der Waals surface area contributed by atoms with E-state index in [2.05, 4.69) is 36.0 Å². The van der Waals surface area contributed by atoms with Gasteiger partial charge in [-0.25, -0.2) is 18.4 Å². The fraction of sp³-hybridized carbons (Fsp3) is 0.143. The van der Waals surface area contributed by atoms with E-state index in [0.29, 0.717) is 51.1 Å². The molecule has 0 saturated carbocycles. The number of aromatic amines is 1. The molecule has 0 aliphatic carbocycles. The maximum atomic E-state index is 13.0. The van der Waals surface area contributed by atoms with Crippen LogP contribution < -0.4 is 15.5 Å². The summed E-state index contributed by atoms with van der Waals surface area (Å²) in [5.41, 5.74) is 5.30. The van der Waals surface area contributed by atoms with Gasteiger partial charge in [-0.05, 0) is 54.1 Å². The molecule has 6 aromatic rings. The summed E-state index contributed by atoms with van der Waals surface area (Å²) >= 11 is 0. The molecule has 0 atom stereocenters. The second-order valence-corrected chi connectivity index (χ2v) is 12.0. The first-order chi connectivity index (χ1) is 20.1. The standard InChI is InChI=1S/C28H26N10O3S/c1-37(24-12-13-29-27(31-24)30-19-7-4-6-17(14-19)16-42(3,40)41)22-8-5-9-23-25(22)32-28(38(23)2)33-26(39)18-10-11-20-21(15-18)35-36-34-20/h4-15H,16H2,1-3H3,(H,29,30,31)(H,32,33,39)(H,34,35,36). The summed E-state index contributed by atoms with van der Waals surface area (Å²) < 4.78 is 25.2. The number of anilines is 5. The molecule has 0 aliphatic rings. The summed E-state index contributed by atoms with van der Waals surface area (Å²) in [6.45, 7) is 0. The number of aromatic nitrogens is 7. The molecule has 0 aliphatic heterocycles. The number of carbonyl (C=O) groups excluding carboxylic acids is 1. The Hall–Kier alpha value is -5.37. The Morgan fingerprint density at radius 1 is 1.00 bits per heavy atom. The molecule has 3 heterocycles. The first kappa shape index (κ1) is 26.8. The quantitative estimate of drug-likeness (QED) is 0.239. The van der Waals surface area contributed by atoms with E-state index in [1.54, 1.807) is 48.7 Å². The number of sulfone groups is 1. The Morgan fingerprint density at radius 3 is 2.64 bits per heavy atom. The molecule has 42 heavy (non-hydrogen) atoms. The van der Waals surface area contributed by atoms with Crippen molar-refractivity contribution in [2.24, 2.45) is 7.05 Å². The summed E-state index contributed by atoms with van der Waals surface area (Å²) in [4.78, 5) is 28.7. The summed E-state index contributed by atoms with van der Waals surface area (Å²) in [6, 6.07) is 19.7. The molecule has 0 radical (unpaired) electrons. The first-order valence-corrected chi connectivity index (χ1v) is 14.9. The van der Waals surface area contributed by atoms with Gasteiger partial charge in [0.05, 0.1) is 17.0 Å². The van der Waals surface area contributed by atoms with Crippen LogP contribution in [0.4, 0.5) is 29.1 Å². The zero-order valence-corrected chi connectivity index (χ0v) is 23.7. The summed E-state index contributed by atoms with van der Waals surface area (Å²) in [6.07, 6.45) is 2.84. The molecule has 14 heteroatoms. The lowest BCUT2D eigenvalue weighted by atomic mass is 10.2. The van der Waals surface area contributed by atoms with Crippen LogP contribution in [-0.2, 0) is 22.6 Å². The van der Waals surface area contributed by atoms with Crippen LogP contribution in [0.15, 0.2) is 72.9 Å². The molecular weight excluding hydrogens is 556 g/mol. The summed E-state index contributed by atoms with van der Waals surface area (Å²) in [5, 5.41) is 16.7. The van der Waals surface area contributed by atoms with Crippen LogP contribution in [0.1, 0.15) is 15.9 Å². The highest BCUT2D eigenvalue weighted by Crippen LogP contribution is 2.32. The number of aryl methyl sites for hydroxylation is 1. The average molecular weight is 583 g/mol. The molecule has 3 N–H and O–H groups in total. The number of benzene rings is 3. The topological polar surface area (TPSA) is 164 Å². The Labute approximate surface area is 240 Å². The molecule has 0 unspecified atom stereocenters. The third-order valence-electron chi connectivity index (χ3n) is 6.65. The maximum Gasteiger partial charge on any atom is 0.258 e. The molecule has 0 bridgehead atoms. The monoisotopic (exact) mass is 582 g/mol. The molecule has 0 spiro atoms. The van der Waals surface area contributed by atoms with Crippen molar-refractivity contribution in [3.8, 4) is 0 Å². The second kappa shape index (κ2) is 10.6. The van der Waals surface area contributed by atoms with E-state index >= 15 is 0 Å². The minimum absolute atomic E-state index is 0.0560.